The molecule has 3 aromatic rings. The highest BCUT2D eigenvalue weighted by molar-refractivity contribution is 5.90. The average molecular weight is 372 g/mol. The van der Waals surface area contributed by atoms with Gasteiger partial charge in [-0.05, 0) is 24.6 Å². The van der Waals surface area contributed by atoms with E-state index < -0.39 is 4.92 Å². The van der Waals surface area contributed by atoms with Crippen LogP contribution in [0.3, 0.4) is 0 Å². The van der Waals surface area contributed by atoms with Gasteiger partial charge in [-0.15, -0.1) is 0 Å². The van der Waals surface area contributed by atoms with Crippen LogP contribution in [0.5, 0.6) is 0 Å². The Labute approximate surface area is 153 Å². The van der Waals surface area contributed by atoms with Gasteiger partial charge in [0.15, 0.2) is 0 Å². The van der Waals surface area contributed by atoms with Crippen molar-refractivity contribution >= 4 is 17.3 Å². The lowest BCUT2D eigenvalue weighted by atomic mass is 10.2. The van der Waals surface area contributed by atoms with E-state index >= 15 is 0 Å². The topological polar surface area (TPSA) is 108 Å². The summed E-state index contributed by atoms with van der Waals surface area (Å²) >= 11 is 0. The molecule has 1 aromatic carbocycles. The summed E-state index contributed by atoms with van der Waals surface area (Å²) in [6.07, 6.45) is 4.48. The molecule has 27 heavy (non-hydrogen) atoms. The highest BCUT2D eigenvalue weighted by Gasteiger charge is 2.16. The summed E-state index contributed by atoms with van der Waals surface area (Å²) in [5.41, 5.74) is 1.75. The van der Waals surface area contributed by atoms with Gasteiger partial charge < -0.3 is 5.32 Å². The summed E-state index contributed by atoms with van der Waals surface area (Å²) in [4.78, 5) is 22.4. The van der Waals surface area contributed by atoms with Gasteiger partial charge in [-0.1, -0.05) is 12.1 Å². The van der Waals surface area contributed by atoms with E-state index in [0.29, 0.717) is 17.9 Å². The van der Waals surface area contributed by atoms with E-state index in [2.05, 4.69) is 15.5 Å². The van der Waals surface area contributed by atoms with Crippen molar-refractivity contribution in [3.8, 4) is 0 Å². The molecular formula is C17H17FN6O3. The van der Waals surface area contributed by atoms with E-state index in [1.807, 2.05) is 0 Å². The Morgan fingerprint density at radius 2 is 2.00 bits per heavy atom. The number of aryl methyl sites for hydroxylation is 1. The fraction of sp³-hybridized carbons (Fsp3) is 0.235. The van der Waals surface area contributed by atoms with Gasteiger partial charge in [-0.25, -0.2) is 4.39 Å². The zero-order chi connectivity index (χ0) is 19.4. The molecule has 0 fully saturated rings. The van der Waals surface area contributed by atoms with Gasteiger partial charge in [0.05, 0.1) is 29.9 Å². The van der Waals surface area contributed by atoms with E-state index in [4.69, 9.17) is 0 Å². The number of hydrogen-bond acceptors (Lipinski definition) is 5. The molecule has 0 saturated carbocycles. The number of carbonyl (C=O) groups excluding carboxylic acids is 1. The number of nitro groups is 1. The second-order valence-corrected chi connectivity index (χ2v) is 5.95. The first-order chi connectivity index (χ1) is 12.9. The Kier molecular flexibility index (Phi) is 5.25. The first-order valence-electron chi connectivity index (χ1n) is 8.16. The van der Waals surface area contributed by atoms with Crippen molar-refractivity contribution in [1.82, 2.24) is 19.6 Å². The minimum Gasteiger partial charge on any atom is -0.323 e. The molecule has 0 bridgehead atoms. The number of halogens is 1. The number of benzene rings is 1. The summed E-state index contributed by atoms with van der Waals surface area (Å²) < 4.78 is 16.0. The molecule has 1 N–H and O–H groups in total. The Morgan fingerprint density at radius 1 is 1.26 bits per heavy atom. The third-order valence-electron chi connectivity index (χ3n) is 4.00. The van der Waals surface area contributed by atoms with E-state index in [1.165, 1.54) is 29.2 Å². The van der Waals surface area contributed by atoms with Crippen molar-refractivity contribution in [2.75, 3.05) is 5.32 Å². The largest absolute Gasteiger partial charge is 0.323 e. The number of nitrogens with one attached hydrogen (secondary N) is 1. The van der Waals surface area contributed by atoms with E-state index in [0.717, 1.165) is 5.56 Å². The Hall–Kier alpha value is -3.56. The summed E-state index contributed by atoms with van der Waals surface area (Å²) in [5.74, 6) is -0.557. The molecule has 10 heteroatoms. The van der Waals surface area contributed by atoms with Gasteiger partial charge >= 0.3 is 5.69 Å². The van der Waals surface area contributed by atoms with Crippen LogP contribution in [-0.2, 0) is 17.9 Å². The lowest BCUT2D eigenvalue weighted by molar-refractivity contribution is -0.385. The van der Waals surface area contributed by atoms with E-state index in [-0.39, 0.29) is 30.4 Å². The van der Waals surface area contributed by atoms with Crippen LogP contribution in [0.1, 0.15) is 17.7 Å². The molecule has 0 radical (unpaired) electrons. The molecule has 0 saturated heterocycles. The van der Waals surface area contributed by atoms with Crippen molar-refractivity contribution in [2.45, 2.75) is 26.4 Å². The Bertz CT molecular complexity index is 963. The van der Waals surface area contributed by atoms with Crippen molar-refractivity contribution in [3.63, 3.8) is 0 Å². The maximum Gasteiger partial charge on any atom is 0.309 e. The third-order valence-corrected chi connectivity index (χ3v) is 4.00. The SMILES string of the molecule is Cc1c([N+](=O)[O-])cnn1CCC(=O)Nc1cnn(Cc2ccc(F)cc2)c1. The zero-order valence-electron chi connectivity index (χ0n) is 14.5. The molecule has 140 valence electrons. The quantitative estimate of drug-likeness (QED) is 0.506. The number of anilines is 1. The first-order valence-corrected chi connectivity index (χ1v) is 8.16. The van der Waals surface area contributed by atoms with Crippen molar-refractivity contribution in [3.05, 3.63) is 70.0 Å². The predicted molar refractivity (Wildman–Crippen MR) is 94.6 cm³/mol. The molecule has 0 aliphatic rings. The number of amides is 1. The fourth-order valence-corrected chi connectivity index (χ4v) is 2.56. The minimum absolute atomic E-state index is 0.0718. The number of rotatable bonds is 7. The summed E-state index contributed by atoms with van der Waals surface area (Å²) in [7, 11) is 0. The molecule has 2 heterocycles. The van der Waals surface area contributed by atoms with Gasteiger partial charge in [-0.2, -0.15) is 10.2 Å². The molecule has 0 spiro atoms. The van der Waals surface area contributed by atoms with Crippen LogP contribution in [-0.4, -0.2) is 30.4 Å². The van der Waals surface area contributed by atoms with Gasteiger partial charge in [0.2, 0.25) is 5.91 Å². The van der Waals surface area contributed by atoms with Crippen molar-refractivity contribution in [1.29, 1.82) is 0 Å². The van der Waals surface area contributed by atoms with Crippen LogP contribution >= 0.6 is 0 Å². The maximum atomic E-state index is 12.9. The number of nitrogens with zero attached hydrogens (tertiary/aromatic N) is 5. The standard InChI is InChI=1S/C17H17FN6O3/c1-12-16(24(26)27)9-20-23(12)7-6-17(25)21-15-8-19-22(11-15)10-13-2-4-14(18)5-3-13/h2-5,8-9,11H,6-7,10H2,1H3,(H,21,25). The molecule has 0 atom stereocenters. The van der Waals surface area contributed by atoms with Gasteiger partial charge in [0, 0.05) is 12.6 Å². The fourth-order valence-electron chi connectivity index (χ4n) is 2.56. The van der Waals surface area contributed by atoms with Gasteiger partial charge in [0.25, 0.3) is 0 Å². The monoisotopic (exact) mass is 372 g/mol. The lowest BCUT2D eigenvalue weighted by Crippen LogP contribution is -2.15. The Morgan fingerprint density at radius 3 is 2.67 bits per heavy atom. The summed E-state index contributed by atoms with van der Waals surface area (Å²) in [5, 5.41) is 21.6. The van der Waals surface area contributed by atoms with Crippen LogP contribution in [0.2, 0.25) is 0 Å². The first kappa shape index (κ1) is 18.2. The Balaban J connectivity index is 1.53. The predicted octanol–water partition coefficient (Wildman–Crippen LogP) is 2.51. The van der Waals surface area contributed by atoms with E-state index in [1.54, 1.807) is 29.9 Å². The lowest BCUT2D eigenvalue weighted by Gasteiger charge is -2.04. The molecule has 0 aliphatic carbocycles. The molecule has 3 rings (SSSR count). The van der Waals surface area contributed by atoms with Gasteiger partial charge in [-0.3, -0.25) is 24.3 Å². The zero-order valence-corrected chi connectivity index (χ0v) is 14.5. The second-order valence-electron chi connectivity index (χ2n) is 5.95. The van der Waals surface area contributed by atoms with Crippen molar-refractivity contribution < 1.29 is 14.1 Å². The second kappa shape index (κ2) is 7.77. The van der Waals surface area contributed by atoms with Crippen LogP contribution in [0.25, 0.3) is 0 Å². The number of hydrogen-bond donors (Lipinski definition) is 1. The molecule has 2 aromatic heterocycles. The minimum atomic E-state index is -0.506. The average Bonchev–Trinajstić information content (AvgIpc) is 3.21. The third kappa shape index (κ3) is 4.54. The number of carbonyl (C=O) groups is 1. The smallest absolute Gasteiger partial charge is 0.309 e. The van der Waals surface area contributed by atoms with Crippen molar-refractivity contribution in [2.24, 2.45) is 0 Å². The van der Waals surface area contributed by atoms with Crippen LogP contribution < -0.4 is 5.32 Å². The van der Waals surface area contributed by atoms with Crippen LogP contribution in [0.15, 0.2) is 42.9 Å². The van der Waals surface area contributed by atoms with E-state index in [9.17, 15) is 19.3 Å². The van der Waals surface area contributed by atoms with Gasteiger partial charge in [0.1, 0.15) is 17.7 Å². The van der Waals surface area contributed by atoms with Crippen LogP contribution in [0, 0.1) is 22.9 Å². The molecular weight excluding hydrogens is 355 g/mol. The molecule has 0 unspecified atom stereocenters. The normalized spacial score (nSPS) is 10.7. The highest BCUT2D eigenvalue weighted by Crippen LogP contribution is 2.16. The highest BCUT2D eigenvalue weighted by atomic mass is 19.1. The van der Waals surface area contributed by atoms with Crippen LogP contribution in [0.4, 0.5) is 15.8 Å². The maximum absolute atomic E-state index is 12.9. The molecule has 9 nitrogen and oxygen atoms in total. The molecule has 1 amide bonds. The number of aromatic nitrogens is 4. The summed E-state index contributed by atoms with van der Waals surface area (Å²) in [6, 6.07) is 6.09. The summed E-state index contributed by atoms with van der Waals surface area (Å²) in [6.45, 7) is 2.27. The molecule has 0 aliphatic heterocycles.